The fourth-order valence-corrected chi connectivity index (χ4v) is 2.56. The van der Waals surface area contributed by atoms with Crippen LogP contribution in [0.4, 0.5) is 20.4 Å². The summed E-state index contributed by atoms with van der Waals surface area (Å²) in [4.78, 5) is 18.8. The van der Waals surface area contributed by atoms with Crippen LogP contribution in [0.2, 0.25) is 0 Å². The predicted molar refractivity (Wildman–Crippen MR) is 73.5 cm³/mol. The third-order valence-corrected chi connectivity index (χ3v) is 3.51. The molecule has 0 aliphatic heterocycles. The molecule has 0 atom stereocenters. The predicted octanol–water partition coefficient (Wildman–Crippen LogP) is 3.16. The second-order valence-corrected chi connectivity index (χ2v) is 5.03. The fourth-order valence-electron chi connectivity index (χ4n) is 1.59. The Morgan fingerprint density at radius 1 is 1.29 bits per heavy atom. The molecule has 0 saturated carbocycles. The Labute approximate surface area is 122 Å². The average molecular weight is 312 g/mol. The van der Waals surface area contributed by atoms with Gasteiger partial charge in [-0.05, 0) is 25.1 Å². The lowest BCUT2D eigenvalue weighted by Gasteiger charge is -2.07. The Morgan fingerprint density at radius 2 is 2.00 bits per heavy atom. The molecule has 0 radical (unpaired) electrons. The summed E-state index contributed by atoms with van der Waals surface area (Å²) in [6, 6.07) is 3.24. The van der Waals surface area contributed by atoms with Crippen LogP contribution in [0.3, 0.4) is 0 Å². The fraction of sp³-hybridized carbons (Fsp3) is 0.167. The van der Waals surface area contributed by atoms with Crippen molar-refractivity contribution in [1.29, 1.82) is 0 Å². The van der Waals surface area contributed by atoms with E-state index in [1.165, 1.54) is 13.0 Å². The molecule has 0 unspecified atom stereocenters. The van der Waals surface area contributed by atoms with Gasteiger partial charge in [-0.1, -0.05) is 11.8 Å². The lowest BCUT2D eigenvalue weighted by Crippen LogP contribution is -2.04. The number of hydrogen-bond acceptors (Lipinski definition) is 6. The number of aryl methyl sites for hydroxylation is 1. The monoisotopic (exact) mass is 312 g/mol. The summed E-state index contributed by atoms with van der Waals surface area (Å²) in [6.07, 6.45) is 0. The Hall–Kier alpha value is -2.29. The van der Waals surface area contributed by atoms with E-state index in [0.717, 1.165) is 23.9 Å². The van der Waals surface area contributed by atoms with Crippen molar-refractivity contribution in [3.05, 3.63) is 45.6 Å². The third-order valence-electron chi connectivity index (χ3n) is 2.54. The molecular formula is C12H10F2N4O2S. The third kappa shape index (κ3) is 3.24. The highest BCUT2D eigenvalue weighted by Crippen LogP contribution is 2.35. The van der Waals surface area contributed by atoms with Crippen LogP contribution in [0.5, 0.6) is 0 Å². The largest absolute Gasteiger partial charge is 0.357 e. The van der Waals surface area contributed by atoms with E-state index in [4.69, 9.17) is 0 Å². The number of benzene rings is 1. The van der Waals surface area contributed by atoms with Gasteiger partial charge in [0, 0.05) is 11.9 Å². The van der Waals surface area contributed by atoms with E-state index in [1.807, 2.05) is 0 Å². The number of anilines is 1. The summed E-state index contributed by atoms with van der Waals surface area (Å²) in [5.74, 6) is -1.80. The van der Waals surface area contributed by atoms with Crippen LogP contribution < -0.4 is 5.32 Å². The van der Waals surface area contributed by atoms with Crippen LogP contribution in [-0.4, -0.2) is 21.9 Å². The molecule has 1 aromatic heterocycles. The van der Waals surface area contributed by atoms with Gasteiger partial charge in [0.1, 0.15) is 5.69 Å². The zero-order valence-corrected chi connectivity index (χ0v) is 11.9. The molecule has 1 N–H and O–H groups in total. The SMILES string of the molecule is CNc1nc(C)c([N+](=O)[O-])c(Sc2ccc(F)c(F)c2)n1. The van der Waals surface area contributed by atoms with Gasteiger partial charge in [0.05, 0.1) is 4.92 Å². The molecule has 0 spiro atoms. The van der Waals surface area contributed by atoms with E-state index in [0.29, 0.717) is 4.90 Å². The molecule has 0 saturated heterocycles. The normalized spacial score (nSPS) is 10.5. The number of rotatable bonds is 4. The Kier molecular flexibility index (Phi) is 4.32. The highest BCUT2D eigenvalue weighted by molar-refractivity contribution is 7.99. The molecular weight excluding hydrogens is 302 g/mol. The second-order valence-electron chi connectivity index (χ2n) is 3.97. The number of halogens is 2. The topological polar surface area (TPSA) is 81.0 Å². The van der Waals surface area contributed by atoms with Gasteiger partial charge in [-0.3, -0.25) is 10.1 Å². The first-order valence-corrected chi connectivity index (χ1v) is 6.57. The standard InChI is InChI=1S/C12H10F2N4O2S/c1-6-10(18(19)20)11(17-12(15-2)16-6)21-7-3-4-8(13)9(14)5-7/h3-5H,1-2H3,(H,15,16,17). The molecule has 6 nitrogen and oxygen atoms in total. The lowest BCUT2D eigenvalue weighted by molar-refractivity contribution is -0.389. The summed E-state index contributed by atoms with van der Waals surface area (Å²) in [5.41, 5.74) is -0.0758. The quantitative estimate of drug-likeness (QED) is 0.530. The Balaban J connectivity index is 2.48. The van der Waals surface area contributed by atoms with Crippen LogP contribution in [0.25, 0.3) is 0 Å². The van der Waals surface area contributed by atoms with Gasteiger partial charge in [0.2, 0.25) is 5.95 Å². The molecule has 110 valence electrons. The molecule has 0 aliphatic rings. The van der Waals surface area contributed by atoms with Crippen LogP contribution in [0.1, 0.15) is 5.69 Å². The molecule has 0 aliphatic carbocycles. The highest BCUT2D eigenvalue weighted by atomic mass is 32.2. The first kappa shape index (κ1) is 15.1. The second kappa shape index (κ2) is 6.00. The van der Waals surface area contributed by atoms with E-state index in [1.54, 1.807) is 7.05 Å². The molecule has 0 bridgehead atoms. The molecule has 2 rings (SSSR count). The van der Waals surface area contributed by atoms with Crippen molar-refractivity contribution < 1.29 is 13.7 Å². The van der Waals surface area contributed by atoms with Gasteiger partial charge in [-0.25, -0.2) is 13.8 Å². The van der Waals surface area contributed by atoms with Crippen LogP contribution in [-0.2, 0) is 0 Å². The van der Waals surface area contributed by atoms with Crippen molar-refractivity contribution in [2.75, 3.05) is 12.4 Å². The van der Waals surface area contributed by atoms with Crippen LogP contribution in [0.15, 0.2) is 28.1 Å². The van der Waals surface area contributed by atoms with Gasteiger partial charge >= 0.3 is 5.69 Å². The molecule has 21 heavy (non-hydrogen) atoms. The van der Waals surface area contributed by atoms with E-state index in [2.05, 4.69) is 15.3 Å². The first-order valence-electron chi connectivity index (χ1n) is 5.76. The minimum Gasteiger partial charge on any atom is -0.357 e. The highest BCUT2D eigenvalue weighted by Gasteiger charge is 2.23. The minimum atomic E-state index is -1.03. The van der Waals surface area contributed by atoms with Crippen molar-refractivity contribution in [3.63, 3.8) is 0 Å². The van der Waals surface area contributed by atoms with Crippen LogP contribution >= 0.6 is 11.8 Å². The van der Waals surface area contributed by atoms with E-state index >= 15 is 0 Å². The summed E-state index contributed by atoms with van der Waals surface area (Å²) in [7, 11) is 1.58. The summed E-state index contributed by atoms with van der Waals surface area (Å²) >= 11 is 0.870. The average Bonchev–Trinajstić information content (AvgIpc) is 2.41. The van der Waals surface area contributed by atoms with E-state index in [-0.39, 0.29) is 22.4 Å². The molecule has 1 heterocycles. The van der Waals surface area contributed by atoms with Crippen molar-refractivity contribution >= 4 is 23.4 Å². The van der Waals surface area contributed by atoms with E-state index in [9.17, 15) is 18.9 Å². The van der Waals surface area contributed by atoms with Gasteiger partial charge in [-0.15, -0.1) is 0 Å². The molecule has 2 aromatic rings. The maximum atomic E-state index is 13.2. The number of nitrogens with zero attached hydrogens (tertiary/aromatic N) is 3. The first-order chi connectivity index (χ1) is 9.92. The van der Waals surface area contributed by atoms with Gasteiger partial charge in [-0.2, -0.15) is 4.98 Å². The smallest absolute Gasteiger partial charge is 0.322 e. The Morgan fingerprint density at radius 3 is 2.57 bits per heavy atom. The molecule has 0 amide bonds. The molecule has 9 heteroatoms. The van der Waals surface area contributed by atoms with Gasteiger partial charge < -0.3 is 5.32 Å². The minimum absolute atomic E-state index is 0.0582. The van der Waals surface area contributed by atoms with E-state index < -0.39 is 16.6 Å². The van der Waals surface area contributed by atoms with Crippen molar-refractivity contribution in [3.8, 4) is 0 Å². The number of nitro groups is 1. The van der Waals surface area contributed by atoms with Crippen molar-refractivity contribution in [2.24, 2.45) is 0 Å². The summed E-state index contributed by atoms with van der Waals surface area (Å²) in [6.45, 7) is 1.48. The number of aromatic nitrogens is 2. The summed E-state index contributed by atoms with van der Waals surface area (Å²) in [5, 5.41) is 13.9. The number of hydrogen-bond donors (Lipinski definition) is 1. The van der Waals surface area contributed by atoms with Gasteiger partial charge in [0.25, 0.3) is 0 Å². The van der Waals surface area contributed by atoms with Crippen molar-refractivity contribution in [1.82, 2.24) is 9.97 Å². The zero-order valence-electron chi connectivity index (χ0n) is 11.1. The maximum absolute atomic E-state index is 13.2. The lowest BCUT2D eigenvalue weighted by atomic mass is 10.3. The molecule has 1 aromatic carbocycles. The van der Waals surface area contributed by atoms with Crippen molar-refractivity contribution in [2.45, 2.75) is 16.8 Å². The maximum Gasteiger partial charge on any atom is 0.322 e. The van der Waals surface area contributed by atoms with Gasteiger partial charge in [0.15, 0.2) is 16.7 Å². The molecule has 0 fully saturated rings. The summed E-state index contributed by atoms with van der Waals surface area (Å²) < 4.78 is 26.1. The zero-order chi connectivity index (χ0) is 15.6. The van der Waals surface area contributed by atoms with Crippen LogP contribution in [0, 0.1) is 28.7 Å². The number of nitrogens with one attached hydrogen (secondary N) is 1. The Bertz CT molecular complexity index is 712.